The lowest BCUT2D eigenvalue weighted by atomic mass is 9.99. The van der Waals surface area contributed by atoms with Gasteiger partial charge in [0.25, 0.3) is 0 Å². The van der Waals surface area contributed by atoms with Crippen LogP contribution in [0.15, 0.2) is 12.7 Å². The van der Waals surface area contributed by atoms with Crippen molar-refractivity contribution in [2.24, 2.45) is 0 Å². The molecule has 0 saturated carbocycles. The fourth-order valence-electron chi connectivity index (χ4n) is 0.714. The first kappa shape index (κ1) is 8.20. The summed E-state index contributed by atoms with van der Waals surface area (Å²) in [6.07, 6.45) is 2.79. The van der Waals surface area contributed by atoms with Crippen LogP contribution in [0.4, 0.5) is 0 Å². The maximum Gasteiger partial charge on any atom is 0.119 e. The van der Waals surface area contributed by atoms with Gasteiger partial charge in [-0.3, -0.25) is 0 Å². The average Bonchev–Trinajstić information content (AvgIpc) is 2.37. The van der Waals surface area contributed by atoms with Crippen molar-refractivity contribution >= 4 is 0 Å². The van der Waals surface area contributed by atoms with Crippen molar-refractivity contribution in [2.45, 2.75) is 32.4 Å². The normalized spacial score (nSPS) is 14.9. The van der Waals surface area contributed by atoms with Gasteiger partial charge in [0.2, 0.25) is 0 Å². The van der Waals surface area contributed by atoms with E-state index < -0.39 is 6.10 Å². The summed E-state index contributed by atoms with van der Waals surface area (Å²) in [5.41, 5.74) is -0.330. The van der Waals surface area contributed by atoms with Gasteiger partial charge in [-0.05, 0) is 20.8 Å². The minimum Gasteiger partial charge on any atom is -0.391 e. The van der Waals surface area contributed by atoms with Crippen LogP contribution >= 0.6 is 0 Å². The van der Waals surface area contributed by atoms with Gasteiger partial charge in [0, 0.05) is 0 Å². The highest BCUT2D eigenvalue weighted by molar-refractivity contribution is 4.84. The molecule has 1 aromatic rings. The van der Waals surface area contributed by atoms with E-state index in [9.17, 15) is 5.11 Å². The van der Waals surface area contributed by atoms with Crippen LogP contribution in [-0.2, 0) is 5.54 Å². The second-order valence-electron chi connectivity index (χ2n) is 3.20. The van der Waals surface area contributed by atoms with Gasteiger partial charge >= 0.3 is 0 Å². The van der Waals surface area contributed by atoms with E-state index in [1.807, 2.05) is 13.8 Å². The van der Waals surface area contributed by atoms with Gasteiger partial charge in [-0.2, -0.15) is 0 Å². The number of hydrogen-bond acceptors (Lipinski definition) is 3. The molecule has 1 unspecified atom stereocenters. The Balaban J connectivity index is 2.90. The molecule has 4 nitrogen and oxygen atoms in total. The lowest BCUT2D eigenvalue weighted by molar-refractivity contribution is 0.0730. The number of aliphatic hydroxyl groups is 1. The van der Waals surface area contributed by atoms with Crippen molar-refractivity contribution in [3.8, 4) is 0 Å². The molecule has 62 valence electrons. The molecule has 0 bridgehead atoms. The molecule has 1 atom stereocenters. The zero-order chi connectivity index (χ0) is 8.48. The van der Waals surface area contributed by atoms with Gasteiger partial charge in [-0.1, -0.05) is 0 Å². The minimum atomic E-state index is -0.418. The molecule has 0 saturated heterocycles. The highest BCUT2D eigenvalue weighted by atomic mass is 16.3. The number of aliphatic hydroxyl groups excluding tert-OH is 1. The topological polar surface area (TPSA) is 50.9 Å². The monoisotopic (exact) mass is 155 g/mol. The van der Waals surface area contributed by atoms with E-state index >= 15 is 0 Å². The molecule has 0 aliphatic heterocycles. The van der Waals surface area contributed by atoms with E-state index in [2.05, 4.69) is 10.2 Å². The predicted octanol–water partition coefficient (Wildman–Crippen LogP) is 0.394. The molecule has 1 N–H and O–H groups in total. The van der Waals surface area contributed by atoms with Crippen molar-refractivity contribution in [3.63, 3.8) is 0 Å². The molecule has 1 aromatic heterocycles. The summed E-state index contributed by atoms with van der Waals surface area (Å²) in [5, 5.41) is 16.7. The van der Waals surface area contributed by atoms with E-state index in [0.717, 1.165) is 0 Å². The van der Waals surface area contributed by atoms with Crippen LogP contribution in [0, 0.1) is 0 Å². The van der Waals surface area contributed by atoms with Crippen LogP contribution in [0.2, 0.25) is 0 Å². The zero-order valence-electron chi connectivity index (χ0n) is 7.02. The Morgan fingerprint density at radius 1 is 1.36 bits per heavy atom. The largest absolute Gasteiger partial charge is 0.391 e. The Bertz CT molecular complexity index is 216. The second-order valence-corrected chi connectivity index (χ2v) is 3.20. The van der Waals surface area contributed by atoms with Crippen LogP contribution in [0.3, 0.4) is 0 Å². The number of nitrogens with zero attached hydrogens (tertiary/aromatic N) is 3. The predicted molar refractivity (Wildman–Crippen MR) is 41.0 cm³/mol. The third-order valence-electron chi connectivity index (χ3n) is 2.11. The third-order valence-corrected chi connectivity index (χ3v) is 2.11. The summed E-state index contributed by atoms with van der Waals surface area (Å²) in [6.45, 7) is 5.61. The molecule has 0 aliphatic carbocycles. The second kappa shape index (κ2) is 2.62. The quantitative estimate of drug-likeness (QED) is 0.672. The van der Waals surface area contributed by atoms with Crippen LogP contribution in [0.25, 0.3) is 0 Å². The SMILES string of the molecule is CC(O)C(C)(C)n1cnnc1. The highest BCUT2D eigenvalue weighted by Crippen LogP contribution is 2.17. The molecule has 4 heteroatoms. The van der Waals surface area contributed by atoms with Gasteiger partial charge in [0.1, 0.15) is 12.7 Å². The van der Waals surface area contributed by atoms with Crippen molar-refractivity contribution in [1.29, 1.82) is 0 Å². The van der Waals surface area contributed by atoms with E-state index in [4.69, 9.17) is 0 Å². The third kappa shape index (κ3) is 1.40. The summed E-state index contributed by atoms with van der Waals surface area (Å²) in [5.74, 6) is 0. The first-order valence-electron chi connectivity index (χ1n) is 3.58. The van der Waals surface area contributed by atoms with Crippen molar-refractivity contribution in [2.75, 3.05) is 0 Å². The summed E-state index contributed by atoms with van der Waals surface area (Å²) in [6, 6.07) is 0. The van der Waals surface area contributed by atoms with Crippen molar-refractivity contribution in [3.05, 3.63) is 12.7 Å². The Labute approximate surface area is 65.9 Å². The molecule has 0 aromatic carbocycles. The van der Waals surface area contributed by atoms with Gasteiger partial charge in [0.15, 0.2) is 0 Å². The Morgan fingerprint density at radius 2 is 1.82 bits per heavy atom. The first-order valence-corrected chi connectivity index (χ1v) is 3.58. The van der Waals surface area contributed by atoms with Gasteiger partial charge in [-0.15, -0.1) is 10.2 Å². The first-order chi connectivity index (χ1) is 5.05. The molecular formula is C7H13N3O. The van der Waals surface area contributed by atoms with Gasteiger partial charge in [0.05, 0.1) is 11.6 Å². The highest BCUT2D eigenvalue weighted by Gasteiger charge is 2.25. The molecule has 1 rings (SSSR count). The smallest absolute Gasteiger partial charge is 0.119 e. The number of rotatable bonds is 2. The van der Waals surface area contributed by atoms with Crippen LogP contribution in [0.1, 0.15) is 20.8 Å². The molecule has 0 radical (unpaired) electrons. The molecule has 0 fully saturated rings. The van der Waals surface area contributed by atoms with E-state index in [1.54, 1.807) is 24.1 Å². The Hall–Kier alpha value is -0.900. The van der Waals surface area contributed by atoms with Crippen molar-refractivity contribution < 1.29 is 5.11 Å². The Morgan fingerprint density at radius 3 is 2.18 bits per heavy atom. The van der Waals surface area contributed by atoms with E-state index in [1.165, 1.54) is 0 Å². The number of aromatic nitrogens is 3. The fourth-order valence-corrected chi connectivity index (χ4v) is 0.714. The summed E-state index contributed by atoms with van der Waals surface area (Å²) in [7, 11) is 0. The molecule has 11 heavy (non-hydrogen) atoms. The van der Waals surface area contributed by atoms with Gasteiger partial charge in [-0.25, -0.2) is 0 Å². The molecular weight excluding hydrogens is 142 g/mol. The van der Waals surface area contributed by atoms with E-state index in [0.29, 0.717) is 0 Å². The molecule has 0 spiro atoms. The van der Waals surface area contributed by atoms with Crippen molar-refractivity contribution in [1.82, 2.24) is 14.8 Å². The molecule has 0 amide bonds. The van der Waals surface area contributed by atoms with E-state index in [-0.39, 0.29) is 5.54 Å². The van der Waals surface area contributed by atoms with Crippen LogP contribution < -0.4 is 0 Å². The standard InChI is InChI=1S/C7H13N3O/c1-6(11)7(2,3)10-4-8-9-5-10/h4-6,11H,1-3H3. The zero-order valence-corrected chi connectivity index (χ0v) is 7.02. The summed E-state index contributed by atoms with van der Waals surface area (Å²) < 4.78 is 1.79. The average molecular weight is 155 g/mol. The maximum absolute atomic E-state index is 9.38. The summed E-state index contributed by atoms with van der Waals surface area (Å²) in [4.78, 5) is 0. The fraction of sp³-hybridized carbons (Fsp3) is 0.714. The molecule has 1 heterocycles. The van der Waals surface area contributed by atoms with Crippen LogP contribution in [0.5, 0.6) is 0 Å². The number of hydrogen-bond donors (Lipinski definition) is 1. The van der Waals surface area contributed by atoms with Gasteiger partial charge < -0.3 is 9.67 Å². The van der Waals surface area contributed by atoms with Crippen LogP contribution in [-0.4, -0.2) is 26.0 Å². The Kier molecular flexibility index (Phi) is 1.95. The summed E-state index contributed by atoms with van der Waals surface area (Å²) >= 11 is 0. The maximum atomic E-state index is 9.38. The minimum absolute atomic E-state index is 0.330. The lowest BCUT2D eigenvalue weighted by Crippen LogP contribution is -2.36. The molecule has 0 aliphatic rings. The lowest BCUT2D eigenvalue weighted by Gasteiger charge is -2.28.